The highest BCUT2D eigenvalue weighted by molar-refractivity contribution is 4.54. The lowest BCUT2D eigenvalue weighted by Crippen LogP contribution is -2.22. The van der Waals surface area contributed by atoms with Crippen molar-refractivity contribution in [3.05, 3.63) is 0 Å². The Morgan fingerprint density at radius 1 is 1.00 bits per heavy atom. The predicted molar refractivity (Wildman–Crippen MR) is 37.9 cm³/mol. The van der Waals surface area contributed by atoms with Gasteiger partial charge in [-0.1, -0.05) is 0 Å². The van der Waals surface area contributed by atoms with Gasteiger partial charge in [0.2, 0.25) is 0 Å². The van der Waals surface area contributed by atoms with Gasteiger partial charge in [-0.2, -0.15) is 26.3 Å². The van der Waals surface area contributed by atoms with Crippen molar-refractivity contribution in [3.63, 3.8) is 0 Å². The van der Waals surface area contributed by atoms with E-state index < -0.39 is 44.5 Å². The van der Waals surface area contributed by atoms with E-state index in [0.717, 1.165) is 0 Å². The van der Waals surface area contributed by atoms with Crippen LogP contribution >= 0.6 is 0 Å². The van der Waals surface area contributed by atoms with E-state index in [1.54, 1.807) is 0 Å². The third-order valence-electron chi connectivity index (χ3n) is 1.32. The van der Waals surface area contributed by atoms with Crippen molar-refractivity contribution >= 4 is 0 Å². The Hall–Kier alpha value is -0.500. The normalized spacial score (nSPS) is 15.4. The highest BCUT2D eigenvalue weighted by Crippen LogP contribution is 2.23. The number of halogens is 6. The van der Waals surface area contributed by atoms with Crippen molar-refractivity contribution in [2.24, 2.45) is 0 Å². The Balaban J connectivity index is 3.52. The number of rotatable bonds is 5. The molecule has 0 saturated carbocycles. The van der Waals surface area contributed by atoms with Crippen LogP contribution < -0.4 is 0 Å². The molecule has 0 rings (SSSR count). The van der Waals surface area contributed by atoms with E-state index >= 15 is 0 Å². The summed E-state index contributed by atoms with van der Waals surface area (Å²) in [6, 6.07) is 0. The van der Waals surface area contributed by atoms with Gasteiger partial charge in [0.15, 0.2) is 6.29 Å². The first kappa shape index (κ1) is 14.5. The fraction of sp³-hybridized carbons (Fsp3) is 1.00. The molecular weight excluding hydrogens is 230 g/mol. The van der Waals surface area contributed by atoms with E-state index in [4.69, 9.17) is 5.11 Å². The van der Waals surface area contributed by atoms with E-state index in [2.05, 4.69) is 4.74 Å². The molecule has 0 bridgehead atoms. The van der Waals surface area contributed by atoms with Crippen LogP contribution in [-0.4, -0.2) is 30.4 Å². The third kappa shape index (κ3) is 11.4. The number of ether oxygens (including phenoxy) is 1. The van der Waals surface area contributed by atoms with E-state index in [9.17, 15) is 26.3 Å². The lowest BCUT2D eigenvalue weighted by Gasteiger charge is -2.14. The maximum Gasteiger partial charge on any atom is 0.393 e. The molecule has 15 heavy (non-hydrogen) atoms. The molecular formula is C7H10F6O2. The van der Waals surface area contributed by atoms with Gasteiger partial charge < -0.3 is 9.84 Å². The highest BCUT2D eigenvalue weighted by atomic mass is 19.4. The van der Waals surface area contributed by atoms with Gasteiger partial charge in [-0.25, -0.2) is 0 Å². The quantitative estimate of drug-likeness (QED) is 0.454. The molecule has 1 N–H and O–H groups in total. The maximum absolute atomic E-state index is 11.6. The minimum Gasteiger partial charge on any atom is -0.368 e. The number of aliphatic hydroxyl groups is 1. The lowest BCUT2D eigenvalue weighted by atomic mass is 10.3. The first-order valence-corrected chi connectivity index (χ1v) is 4.03. The Kier molecular flexibility index (Phi) is 5.36. The van der Waals surface area contributed by atoms with Crippen LogP contribution in [0.2, 0.25) is 0 Å². The maximum atomic E-state index is 11.6. The summed E-state index contributed by atoms with van der Waals surface area (Å²) in [6.45, 7) is -0.559. The van der Waals surface area contributed by atoms with Crippen LogP contribution in [0.15, 0.2) is 0 Å². The molecule has 2 nitrogen and oxygen atoms in total. The molecule has 8 heteroatoms. The summed E-state index contributed by atoms with van der Waals surface area (Å²) in [5, 5.41) is 8.59. The zero-order valence-corrected chi connectivity index (χ0v) is 7.53. The Morgan fingerprint density at radius 3 is 1.93 bits per heavy atom. The molecule has 0 aromatic heterocycles. The summed E-state index contributed by atoms with van der Waals surface area (Å²) in [5.41, 5.74) is 0. The number of alkyl halides is 6. The molecule has 0 aliphatic rings. The molecule has 0 aliphatic heterocycles. The minimum absolute atomic E-state index is 0.474. The zero-order valence-electron chi connectivity index (χ0n) is 7.53. The SMILES string of the molecule is OC(CC(F)(F)F)OCCCC(F)(F)F. The summed E-state index contributed by atoms with van der Waals surface area (Å²) in [4.78, 5) is 0. The molecule has 0 spiro atoms. The second-order valence-corrected chi connectivity index (χ2v) is 2.86. The number of hydrogen-bond donors (Lipinski definition) is 1. The first-order chi connectivity index (χ1) is 6.60. The van der Waals surface area contributed by atoms with Gasteiger partial charge in [0.05, 0.1) is 13.0 Å². The Bertz CT molecular complexity index is 175. The van der Waals surface area contributed by atoms with E-state index in [-0.39, 0.29) is 0 Å². The smallest absolute Gasteiger partial charge is 0.368 e. The largest absolute Gasteiger partial charge is 0.393 e. The summed E-state index contributed by atoms with van der Waals surface area (Å²) in [7, 11) is 0. The topological polar surface area (TPSA) is 29.5 Å². The van der Waals surface area contributed by atoms with Crippen molar-refractivity contribution in [3.8, 4) is 0 Å². The molecule has 92 valence electrons. The standard InChI is InChI=1S/C7H10F6O2/c8-6(9,10)2-1-3-15-5(14)4-7(11,12)13/h5,14H,1-4H2. The average Bonchev–Trinajstić information content (AvgIpc) is 1.92. The van der Waals surface area contributed by atoms with Crippen LogP contribution in [0, 0.1) is 0 Å². The van der Waals surface area contributed by atoms with Gasteiger partial charge in [0.25, 0.3) is 0 Å². The molecule has 0 aromatic rings. The monoisotopic (exact) mass is 240 g/mol. The van der Waals surface area contributed by atoms with Gasteiger partial charge in [-0.05, 0) is 6.42 Å². The van der Waals surface area contributed by atoms with Crippen molar-refractivity contribution < 1.29 is 36.2 Å². The molecule has 0 heterocycles. The fourth-order valence-corrected chi connectivity index (χ4v) is 0.749. The van der Waals surface area contributed by atoms with Gasteiger partial charge in [0.1, 0.15) is 0 Å². The van der Waals surface area contributed by atoms with E-state index in [0.29, 0.717) is 0 Å². The molecule has 1 unspecified atom stereocenters. The molecule has 0 saturated heterocycles. The van der Waals surface area contributed by atoms with Crippen molar-refractivity contribution in [1.29, 1.82) is 0 Å². The summed E-state index contributed by atoms with van der Waals surface area (Å²) < 4.78 is 73.6. The number of aliphatic hydroxyl groups excluding tert-OH is 1. The second kappa shape index (κ2) is 5.55. The van der Waals surface area contributed by atoms with Crippen molar-refractivity contribution in [2.45, 2.75) is 37.9 Å². The zero-order chi connectivity index (χ0) is 12.1. The molecule has 0 aliphatic carbocycles. The van der Waals surface area contributed by atoms with Crippen LogP contribution in [0.5, 0.6) is 0 Å². The predicted octanol–water partition coefficient (Wildman–Crippen LogP) is 2.62. The summed E-state index contributed by atoms with van der Waals surface area (Å²) in [5.74, 6) is 0. The van der Waals surface area contributed by atoms with Crippen LogP contribution in [0.3, 0.4) is 0 Å². The molecule has 0 amide bonds. The fourth-order valence-electron chi connectivity index (χ4n) is 0.749. The van der Waals surface area contributed by atoms with Gasteiger partial charge in [-0.15, -0.1) is 0 Å². The van der Waals surface area contributed by atoms with E-state index in [1.807, 2.05) is 0 Å². The third-order valence-corrected chi connectivity index (χ3v) is 1.32. The first-order valence-electron chi connectivity index (χ1n) is 4.03. The molecule has 1 atom stereocenters. The summed E-state index contributed by atoms with van der Waals surface area (Å²) in [6.07, 6.45) is -14.3. The second-order valence-electron chi connectivity index (χ2n) is 2.86. The summed E-state index contributed by atoms with van der Waals surface area (Å²) >= 11 is 0. The minimum atomic E-state index is -4.59. The van der Waals surface area contributed by atoms with E-state index in [1.165, 1.54) is 0 Å². The Morgan fingerprint density at radius 2 is 1.53 bits per heavy atom. The Labute approximate surface area is 81.8 Å². The van der Waals surface area contributed by atoms with Crippen LogP contribution in [-0.2, 0) is 4.74 Å². The molecule has 0 aromatic carbocycles. The number of hydrogen-bond acceptors (Lipinski definition) is 2. The molecule has 0 fully saturated rings. The lowest BCUT2D eigenvalue weighted by molar-refractivity contribution is -0.207. The highest BCUT2D eigenvalue weighted by Gasteiger charge is 2.32. The van der Waals surface area contributed by atoms with Gasteiger partial charge >= 0.3 is 12.4 Å². The van der Waals surface area contributed by atoms with Gasteiger partial charge in [0, 0.05) is 6.42 Å². The van der Waals surface area contributed by atoms with Crippen molar-refractivity contribution in [1.82, 2.24) is 0 Å². The van der Waals surface area contributed by atoms with Gasteiger partial charge in [-0.3, -0.25) is 0 Å². The van der Waals surface area contributed by atoms with Crippen molar-refractivity contribution in [2.75, 3.05) is 6.61 Å². The average molecular weight is 240 g/mol. The van der Waals surface area contributed by atoms with Crippen LogP contribution in [0.4, 0.5) is 26.3 Å². The van der Waals surface area contributed by atoms with Crippen LogP contribution in [0.25, 0.3) is 0 Å². The van der Waals surface area contributed by atoms with Crippen LogP contribution in [0.1, 0.15) is 19.3 Å². The molecule has 0 radical (unpaired) electrons.